The smallest absolute Gasteiger partial charge is 0.310 e. The second-order valence-electron chi connectivity index (χ2n) is 7.93. The summed E-state index contributed by atoms with van der Waals surface area (Å²) < 4.78 is 10.8. The predicted molar refractivity (Wildman–Crippen MR) is 129 cm³/mol. The Hall–Kier alpha value is -3.51. The van der Waals surface area contributed by atoms with Crippen LogP contribution in [0.15, 0.2) is 54.1 Å². The Bertz CT molecular complexity index is 1210. The summed E-state index contributed by atoms with van der Waals surface area (Å²) in [6.45, 7) is 4.21. The summed E-state index contributed by atoms with van der Waals surface area (Å²) in [5.74, 6) is 0.556. The van der Waals surface area contributed by atoms with Gasteiger partial charge in [0.05, 0.1) is 18.1 Å². The van der Waals surface area contributed by atoms with Crippen molar-refractivity contribution in [2.45, 2.75) is 33.1 Å². The number of aryl methyl sites for hydroxylation is 1. The second-order valence-corrected chi connectivity index (χ2v) is 8.34. The molecule has 1 amide bonds. The van der Waals surface area contributed by atoms with E-state index in [-0.39, 0.29) is 18.3 Å². The molecule has 2 N–H and O–H groups in total. The van der Waals surface area contributed by atoms with Crippen molar-refractivity contribution in [2.75, 3.05) is 11.9 Å². The van der Waals surface area contributed by atoms with Crippen LogP contribution in [-0.4, -0.2) is 23.5 Å². The van der Waals surface area contributed by atoms with E-state index in [1.165, 1.54) is 5.57 Å². The average Bonchev–Trinajstić information content (AvgIpc) is 3.20. The first-order chi connectivity index (χ1) is 15.9. The Morgan fingerprint density at radius 2 is 1.88 bits per heavy atom. The first kappa shape index (κ1) is 22.7. The number of H-pyrrole nitrogens is 1. The number of nitrogens with one attached hydrogen (secondary N) is 2. The van der Waals surface area contributed by atoms with Crippen LogP contribution in [0, 0.1) is 0 Å². The molecule has 0 spiro atoms. The van der Waals surface area contributed by atoms with E-state index >= 15 is 0 Å². The van der Waals surface area contributed by atoms with Gasteiger partial charge in [-0.3, -0.25) is 9.59 Å². The number of carbonyl (C=O) groups excluding carboxylic acids is 2. The molecule has 33 heavy (non-hydrogen) atoms. The Kier molecular flexibility index (Phi) is 6.84. The zero-order valence-electron chi connectivity index (χ0n) is 18.5. The number of allylic oxidation sites excluding steroid dienone is 1. The number of hydrogen-bond donors (Lipinski definition) is 2. The van der Waals surface area contributed by atoms with Gasteiger partial charge in [-0.15, -0.1) is 0 Å². The highest BCUT2D eigenvalue weighted by atomic mass is 35.5. The molecule has 1 heterocycles. The number of aromatic nitrogens is 1. The molecular formula is C26H25ClN2O4. The zero-order valence-corrected chi connectivity index (χ0v) is 19.3. The van der Waals surface area contributed by atoms with E-state index in [1.807, 2.05) is 6.07 Å². The molecular weight excluding hydrogens is 440 g/mol. The highest BCUT2D eigenvalue weighted by Gasteiger charge is 2.16. The van der Waals surface area contributed by atoms with Crippen LogP contribution in [0.4, 0.5) is 5.69 Å². The van der Waals surface area contributed by atoms with Crippen molar-refractivity contribution in [3.05, 3.63) is 81.6 Å². The molecule has 1 aromatic heterocycles. The average molecular weight is 465 g/mol. The van der Waals surface area contributed by atoms with E-state index in [0.29, 0.717) is 34.5 Å². The van der Waals surface area contributed by atoms with Gasteiger partial charge in [-0.2, -0.15) is 0 Å². The molecule has 0 aliphatic heterocycles. The minimum absolute atomic E-state index is 0.155. The largest absolute Gasteiger partial charge is 0.466 e. The standard InChI is InChI=1S/C26H25ClN2O4/c1-3-32-25(30)14-17-5-11-24(21(27)13-17)33-20-8-6-19(7-9-20)28-26(31)23-15-18-12-16(2)4-10-22(18)29-23/h5-9,11-13,15,29H,3-4,10,14H2,1-2H3,(H,28,31). The Labute approximate surface area is 197 Å². The van der Waals surface area contributed by atoms with Gasteiger partial charge in [0, 0.05) is 11.4 Å². The van der Waals surface area contributed by atoms with Crippen LogP contribution in [0.3, 0.4) is 0 Å². The quantitative estimate of drug-likeness (QED) is 0.410. The van der Waals surface area contributed by atoms with Gasteiger partial charge in [0.2, 0.25) is 0 Å². The molecule has 0 saturated heterocycles. The van der Waals surface area contributed by atoms with Gasteiger partial charge in [-0.1, -0.05) is 29.3 Å². The first-order valence-electron chi connectivity index (χ1n) is 10.8. The van der Waals surface area contributed by atoms with E-state index in [1.54, 1.807) is 49.4 Å². The molecule has 3 aromatic rings. The van der Waals surface area contributed by atoms with E-state index in [0.717, 1.165) is 29.7 Å². The van der Waals surface area contributed by atoms with Crippen molar-refractivity contribution in [2.24, 2.45) is 0 Å². The number of fused-ring (bicyclic) bond motifs is 1. The summed E-state index contributed by atoms with van der Waals surface area (Å²) in [6, 6.07) is 14.1. The summed E-state index contributed by atoms with van der Waals surface area (Å²) in [6.07, 6.45) is 4.20. The maximum atomic E-state index is 12.6. The van der Waals surface area contributed by atoms with Gasteiger partial charge in [0.25, 0.3) is 5.91 Å². The summed E-state index contributed by atoms with van der Waals surface area (Å²) >= 11 is 6.32. The van der Waals surface area contributed by atoms with Gasteiger partial charge >= 0.3 is 5.97 Å². The number of amides is 1. The van der Waals surface area contributed by atoms with E-state index < -0.39 is 0 Å². The van der Waals surface area contributed by atoms with Crippen molar-refractivity contribution >= 4 is 35.2 Å². The Morgan fingerprint density at radius 1 is 1.09 bits per heavy atom. The van der Waals surface area contributed by atoms with E-state index in [4.69, 9.17) is 21.1 Å². The van der Waals surface area contributed by atoms with E-state index in [2.05, 4.69) is 23.3 Å². The second kappa shape index (κ2) is 9.96. The van der Waals surface area contributed by atoms with Gasteiger partial charge in [0.15, 0.2) is 0 Å². The monoisotopic (exact) mass is 464 g/mol. The molecule has 0 atom stereocenters. The Balaban J connectivity index is 1.38. The number of esters is 1. The molecule has 0 bridgehead atoms. The molecule has 4 rings (SSSR count). The molecule has 0 saturated carbocycles. The van der Waals surface area contributed by atoms with Crippen LogP contribution in [0.1, 0.15) is 47.6 Å². The molecule has 7 heteroatoms. The van der Waals surface area contributed by atoms with Crippen LogP contribution in [-0.2, 0) is 22.4 Å². The number of anilines is 1. The lowest BCUT2D eigenvalue weighted by Gasteiger charge is -2.10. The number of hydrogen-bond acceptors (Lipinski definition) is 4. The lowest BCUT2D eigenvalue weighted by atomic mass is 9.99. The molecule has 0 unspecified atom stereocenters. The zero-order chi connectivity index (χ0) is 23.4. The fourth-order valence-electron chi connectivity index (χ4n) is 3.68. The van der Waals surface area contributed by atoms with Crippen LogP contribution in [0.2, 0.25) is 5.02 Å². The minimum atomic E-state index is -0.300. The van der Waals surface area contributed by atoms with Gasteiger partial charge in [0.1, 0.15) is 17.2 Å². The third kappa shape index (κ3) is 5.65. The fourth-order valence-corrected chi connectivity index (χ4v) is 3.92. The SMILES string of the molecule is CCOC(=O)Cc1ccc(Oc2ccc(NC(=O)c3cc4c([nH]3)CCC(C)=C4)cc2)c(Cl)c1. The molecule has 6 nitrogen and oxygen atoms in total. The number of rotatable bonds is 7. The highest BCUT2D eigenvalue weighted by molar-refractivity contribution is 6.32. The van der Waals surface area contributed by atoms with Crippen LogP contribution < -0.4 is 10.1 Å². The molecule has 2 aromatic carbocycles. The third-order valence-electron chi connectivity index (χ3n) is 5.34. The number of benzene rings is 2. The molecule has 0 radical (unpaired) electrons. The predicted octanol–water partition coefficient (Wildman–Crippen LogP) is 6.17. The van der Waals surface area contributed by atoms with Gasteiger partial charge in [-0.05, 0) is 80.3 Å². The molecule has 0 fully saturated rings. The number of halogens is 1. The molecule has 170 valence electrons. The maximum Gasteiger partial charge on any atom is 0.310 e. The van der Waals surface area contributed by atoms with Crippen molar-refractivity contribution in [3.8, 4) is 11.5 Å². The minimum Gasteiger partial charge on any atom is -0.466 e. The lowest BCUT2D eigenvalue weighted by Crippen LogP contribution is -2.12. The van der Waals surface area contributed by atoms with Crippen LogP contribution >= 0.6 is 11.6 Å². The first-order valence-corrected chi connectivity index (χ1v) is 11.2. The lowest BCUT2D eigenvalue weighted by molar-refractivity contribution is -0.142. The van der Waals surface area contributed by atoms with Crippen molar-refractivity contribution in [1.29, 1.82) is 0 Å². The fraction of sp³-hybridized carbons (Fsp3) is 0.231. The van der Waals surface area contributed by atoms with Gasteiger partial charge < -0.3 is 19.8 Å². The Morgan fingerprint density at radius 3 is 2.61 bits per heavy atom. The topological polar surface area (TPSA) is 80.4 Å². The van der Waals surface area contributed by atoms with Gasteiger partial charge in [-0.25, -0.2) is 0 Å². The van der Waals surface area contributed by atoms with E-state index in [9.17, 15) is 9.59 Å². The summed E-state index contributed by atoms with van der Waals surface area (Å²) in [5.41, 5.74) is 5.44. The van der Waals surface area contributed by atoms with Crippen molar-refractivity contribution in [3.63, 3.8) is 0 Å². The normalized spacial score (nSPS) is 12.5. The van der Waals surface area contributed by atoms with Crippen LogP contribution in [0.25, 0.3) is 6.08 Å². The number of ether oxygens (including phenoxy) is 2. The summed E-state index contributed by atoms with van der Waals surface area (Å²) in [4.78, 5) is 27.5. The van der Waals surface area contributed by atoms with Crippen molar-refractivity contribution in [1.82, 2.24) is 4.98 Å². The maximum absolute atomic E-state index is 12.6. The third-order valence-corrected chi connectivity index (χ3v) is 5.64. The number of aromatic amines is 1. The van der Waals surface area contributed by atoms with Crippen LogP contribution in [0.5, 0.6) is 11.5 Å². The molecule has 1 aliphatic rings. The number of carbonyl (C=O) groups is 2. The summed E-state index contributed by atoms with van der Waals surface area (Å²) in [5, 5.41) is 3.30. The highest BCUT2D eigenvalue weighted by Crippen LogP contribution is 2.31. The summed E-state index contributed by atoms with van der Waals surface area (Å²) in [7, 11) is 0. The van der Waals surface area contributed by atoms with Crippen molar-refractivity contribution < 1.29 is 19.1 Å². The molecule has 1 aliphatic carbocycles.